The summed E-state index contributed by atoms with van der Waals surface area (Å²) in [6.45, 7) is 3.43. The Labute approximate surface area is 118 Å². The number of hydrogen-bond acceptors (Lipinski definition) is 3. The first-order chi connectivity index (χ1) is 9.56. The van der Waals surface area contributed by atoms with E-state index in [0.717, 1.165) is 13.0 Å². The first kappa shape index (κ1) is 14.1. The Bertz CT molecular complexity index is 535. The smallest absolute Gasteiger partial charge is 0.251 e. The third-order valence-corrected chi connectivity index (χ3v) is 3.36. The van der Waals surface area contributed by atoms with Crippen LogP contribution in [0.4, 0.5) is 5.69 Å². The van der Waals surface area contributed by atoms with Crippen molar-refractivity contribution in [3.63, 3.8) is 0 Å². The molecule has 1 aliphatic heterocycles. The molecule has 0 saturated carbocycles. The molecule has 1 aliphatic rings. The summed E-state index contributed by atoms with van der Waals surface area (Å²) in [4.78, 5) is 25.6. The number of amides is 2. The molecule has 0 radical (unpaired) electrons. The van der Waals surface area contributed by atoms with Crippen molar-refractivity contribution in [1.29, 1.82) is 0 Å². The Kier molecular flexibility index (Phi) is 4.40. The quantitative estimate of drug-likeness (QED) is 0.641. The van der Waals surface area contributed by atoms with Crippen LogP contribution in [-0.4, -0.2) is 36.3 Å². The van der Waals surface area contributed by atoms with Crippen molar-refractivity contribution >= 4 is 17.5 Å². The van der Waals surface area contributed by atoms with Gasteiger partial charge in [-0.1, -0.05) is 11.6 Å². The van der Waals surface area contributed by atoms with Crippen LogP contribution in [0.25, 0.3) is 0 Å². The highest BCUT2D eigenvalue weighted by atomic mass is 16.2. The molecule has 0 aliphatic carbocycles. The lowest BCUT2D eigenvalue weighted by molar-refractivity contribution is -0.129. The van der Waals surface area contributed by atoms with Gasteiger partial charge in [0, 0.05) is 24.3 Å². The normalized spacial score (nSPS) is 14.7. The van der Waals surface area contributed by atoms with Crippen molar-refractivity contribution in [3.8, 4) is 0 Å². The second-order valence-electron chi connectivity index (χ2n) is 4.94. The van der Waals surface area contributed by atoms with Crippen LogP contribution < -0.4 is 11.1 Å². The van der Waals surface area contributed by atoms with Crippen LogP contribution in [0, 0.1) is 0 Å². The zero-order valence-electron chi connectivity index (χ0n) is 11.6. The molecule has 20 heavy (non-hydrogen) atoms. The van der Waals surface area contributed by atoms with E-state index in [1.54, 1.807) is 29.2 Å². The molecule has 0 spiro atoms. The van der Waals surface area contributed by atoms with Gasteiger partial charge in [0.25, 0.3) is 5.91 Å². The van der Waals surface area contributed by atoms with Crippen LogP contribution >= 0.6 is 0 Å². The van der Waals surface area contributed by atoms with Crippen LogP contribution in [0.3, 0.4) is 0 Å². The summed E-state index contributed by atoms with van der Waals surface area (Å²) >= 11 is 0. The van der Waals surface area contributed by atoms with Crippen molar-refractivity contribution in [1.82, 2.24) is 10.2 Å². The number of carbonyl (C=O) groups excluding carboxylic acids is 2. The molecule has 0 bridgehead atoms. The zero-order valence-corrected chi connectivity index (χ0v) is 11.6. The van der Waals surface area contributed by atoms with Gasteiger partial charge < -0.3 is 16.0 Å². The minimum absolute atomic E-state index is 0.0239. The molecular formula is C15H19N3O2. The number of nitrogen functional groups attached to an aromatic ring is 1. The first-order valence-corrected chi connectivity index (χ1v) is 6.63. The van der Waals surface area contributed by atoms with Crippen LogP contribution in [0.2, 0.25) is 0 Å². The highest BCUT2D eigenvalue weighted by molar-refractivity contribution is 5.96. The number of hydrogen-bond donors (Lipinski definition) is 2. The fourth-order valence-corrected chi connectivity index (χ4v) is 2.00. The summed E-state index contributed by atoms with van der Waals surface area (Å²) < 4.78 is 0. The predicted octanol–water partition coefficient (Wildman–Crippen LogP) is 1.18. The lowest BCUT2D eigenvalue weighted by atomic mass is 10.1. The maximum Gasteiger partial charge on any atom is 0.251 e. The molecular weight excluding hydrogens is 254 g/mol. The summed E-state index contributed by atoms with van der Waals surface area (Å²) in [7, 11) is 0. The molecule has 2 rings (SSSR count). The molecule has 0 atom stereocenters. The Morgan fingerprint density at radius 1 is 1.30 bits per heavy atom. The molecule has 0 aromatic heterocycles. The van der Waals surface area contributed by atoms with Gasteiger partial charge in [-0.15, -0.1) is 0 Å². The minimum atomic E-state index is -0.262. The first-order valence-electron chi connectivity index (χ1n) is 6.63. The second kappa shape index (κ2) is 6.23. The van der Waals surface area contributed by atoms with Crippen LogP contribution in [0.1, 0.15) is 23.7 Å². The summed E-state index contributed by atoms with van der Waals surface area (Å²) in [6.07, 6.45) is 2.95. The molecule has 3 N–H and O–H groups in total. The number of nitrogens with two attached hydrogens (primary N) is 1. The van der Waals surface area contributed by atoms with E-state index >= 15 is 0 Å². The summed E-state index contributed by atoms with van der Waals surface area (Å²) in [6, 6.07) is 6.61. The Hall–Kier alpha value is -2.30. The van der Waals surface area contributed by atoms with Gasteiger partial charge in [0.05, 0.1) is 6.54 Å². The van der Waals surface area contributed by atoms with Crippen LogP contribution in [0.15, 0.2) is 35.9 Å². The molecule has 1 heterocycles. The van der Waals surface area contributed by atoms with E-state index in [1.165, 1.54) is 5.57 Å². The van der Waals surface area contributed by atoms with Crippen molar-refractivity contribution in [2.75, 3.05) is 25.4 Å². The molecule has 0 fully saturated rings. The van der Waals surface area contributed by atoms with Gasteiger partial charge >= 0.3 is 0 Å². The van der Waals surface area contributed by atoms with Crippen molar-refractivity contribution in [2.24, 2.45) is 0 Å². The van der Waals surface area contributed by atoms with E-state index in [-0.39, 0.29) is 18.4 Å². The Morgan fingerprint density at radius 2 is 2.00 bits per heavy atom. The molecule has 1 aromatic rings. The van der Waals surface area contributed by atoms with Crippen LogP contribution in [0.5, 0.6) is 0 Å². The zero-order chi connectivity index (χ0) is 14.5. The van der Waals surface area contributed by atoms with Gasteiger partial charge in [0.15, 0.2) is 0 Å². The molecule has 1 aromatic carbocycles. The fourth-order valence-electron chi connectivity index (χ4n) is 2.00. The summed E-state index contributed by atoms with van der Waals surface area (Å²) in [5.74, 6) is -0.320. The molecule has 5 heteroatoms. The van der Waals surface area contributed by atoms with Gasteiger partial charge in [-0.25, -0.2) is 0 Å². The number of carbonyl (C=O) groups is 2. The lowest BCUT2D eigenvalue weighted by Gasteiger charge is -2.25. The number of anilines is 1. The molecule has 0 unspecified atom stereocenters. The van der Waals surface area contributed by atoms with Crippen molar-refractivity contribution in [3.05, 3.63) is 41.5 Å². The SMILES string of the molecule is CC1=CCN(C(=O)CNC(=O)c2ccc(N)cc2)CC1. The fraction of sp³-hybridized carbons (Fsp3) is 0.333. The van der Waals surface area contributed by atoms with Gasteiger partial charge in [-0.2, -0.15) is 0 Å². The molecule has 106 valence electrons. The number of rotatable bonds is 3. The topological polar surface area (TPSA) is 75.4 Å². The third-order valence-electron chi connectivity index (χ3n) is 3.36. The minimum Gasteiger partial charge on any atom is -0.399 e. The Balaban J connectivity index is 1.84. The van der Waals surface area contributed by atoms with E-state index in [4.69, 9.17) is 5.73 Å². The summed E-state index contributed by atoms with van der Waals surface area (Å²) in [5, 5.41) is 2.64. The van der Waals surface area contributed by atoms with E-state index in [2.05, 4.69) is 12.2 Å². The Morgan fingerprint density at radius 3 is 2.60 bits per heavy atom. The van der Waals surface area contributed by atoms with Crippen molar-refractivity contribution < 1.29 is 9.59 Å². The van der Waals surface area contributed by atoms with Gasteiger partial charge in [-0.3, -0.25) is 9.59 Å². The number of nitrogens with one attached hydrogen (secondary N) is 1. The van der Waals surface area contributed by atoms with Gasteiger partial charge in [-0.05, 0) is 37.6 Å². The molecule has 5 nitrogen and oxygen atoms in total. The highest BCUT2D eigenvalue weighted by Crippen LogP contribution is 2.09. The number of nitrogens with zero attached hydrogens (tertiary/aromatic N) is 1. The maximum absolute atomic E-state index is 12.0. The van der Waals surface area contributed by atoms with Crippen LogP contribution in [-0.2, 0) is 4.79 Å². The molecule has 2 amide bonds. The average Bonchev–Trinajstić information content (AvgIpc) is 2.46. The predicted molar refractivity (Wildman–Crippen MR) is 78.1 cm³/mol. The van der Waals surface area contributed by atoms with Crippen molar-refractivity contribution in [2.45, 2.75) is 13.3 Å². The average molecular weight is 273 g/mol. The maximum atomic E-state index is 12.0. The van der Waals surface area contributed by atoms with Gasteiger partial charge in [0.1, 0.15) is 0 Å². The van der Waals surface area contributed by atoms with E-state index in [9.17, 15) is 9.59 Å². The summed E-state index contributed by atoms with van der Waals surface area (Å²) in [5.41, 5.74) is 7.97. The lowest BCUT2D eigenvalue weighted by Crippen LogP contribution is -2.42. The standard InChI is InChI=1S/C15H19N3O2/c1-11-6-8-18(9-7-11)14(19)10-17-15(20)12-2-4-13(16)5-3-12/h2-6H,7-10,16H2,1H3,(H,17,20). The number of benzene rings is 1. The third kappa shape index (κ3) is 3.60. The second-order valence-corrected chi connectivity index (χ2v) is 4.94. The van der Waals surface area contributed by atoms with Gasteiger partial charge in [0.2, 0.25) is 5.91 Å². The highest BCUT2D eigenvalue weighted by Gasteiger charge is 2.16. The monoisotopic (exact) mass is 273 g/mol. The van der Waals surface area contributed by atoms with E-state index in [0.29, 0.717) is 17.8 Å². The largest absolute Gasteiger partial charge is 0.399 e. The van der Waals surface area contributed by atoms with E-state index in [1.807, 2.05) is 6.08 Å². The van der Waals surface area contributed by atoms with E-state index < -0.39 is 0 Å². The molecule has 0 saturated heterocycles.